The van der Waals surface area contributed by atoms with Gasteiger partial charge in [0.1, 0.15) is 23.0 Å². The van der Waals surface area contributed by atoms with Gasteiger partial charge in [-0.05, 0) is 25.1 Å². The second kappa shape index (κ2) is 6.44. The van der Waals surface area contributed by atoms with Gasteiger partial charge in [0, 0.05) is 30.1 Å². The Labute approximate surface area is 150 Å². The maximum Gasteiger partial charge on any atom is 0.194 e. The van der Waals surface area contributed by atoms with E-state index in [2.05, 4.69) is 10.3 Å². The fourth-order valence-electron chi connectivity index (χ4n) is 3.39. The van der Waals surface area contributed by atoms with E-state index in [1.807, 2.05) is 43.1 Å². The number of aliphatic imine (C=N–C) groups is 1. The van der Waals surface area contributed by atoms with E-state index in [9.17, 15) is 8.78 Å². The number of hydrogen-bond acceptors (Lipinski definition) is 4. The van der Waals surface area contributed by atoms with Crippen molar-refractivity contribution in [1.29, 1.82) is 0 Å². The maximum atomic E-state index is 14.0. The molecule has 4 rings (SSSR count). The summed E-state index contributed by atoms with van der Waals surface area (Å²) in [5.74, 6) is 0.354. The molecule has 1 unspecified atom stereocenters. The topological polar surface area (TPSA) is 40.8 Å². The molecule has 1 atom stereocenters. The van der Waals surface area contributed by atoms with Crippen molar-refractivity contribution in [1.82, 2.24) is 10.2 Å². The number of nitrogens with one attached hydrogen (secondary N) is 1. The monoisotopic (exact) mass is 355 g/mol. The van der Waals surface area contributed by atoms with Crippen molar-refractivity contribution in [3.05, 3.63) is 71.0 Å². The van der Waals surface area contributed by atoms with Crippen molar-refractivity contribution >= 4 is 16.9 Å². The minimum absolute atomic E-state index is 0.0320. The van der Waals surface area contributed by atoms with E-state index in [4.69, 9.17) is 4.42 Å². The summed E-state index contributed by atoms with van der Waals surface area (Å²) in [5, 5.41) is 4.20. The Morgan fingerprint density at radius 2 is 1.88 bits per heavy atom. The summed E-state index contributed by atoms with van der Waals surface area (Å²) in [6.45, 7) is 2.81. The predicted molar refractivity (Wildman–Crippen MR) is 97.0 cm³/mol. The predicted octanol–water partition coefficient (Wildman–Crippen LogP) is 4.15. The molecule has 0 saturated heterocycles. The highest BCUT2D eigenvalue weighted by molar-refractivity contribution is 5.85. The Hall–Kier alpha value is -2.89. The van der Waals surface area contributed by atoms with Gasteiger partial charge < -0.3 is 14.6 Å². The third-order valence-corrected chi connectivity index (χ3v) is 4.73. The SMILES string of the molecule is Cc1oc2ccccc2c1CN(C)C1=NCC(c2c(F)cccc2F)N1. The number of nitrogens with zero attached hydrogens (tertiary/aromatic N) is 2. The van der Waals surface area contributed by atoms with Crippen molar-refractivity contribution < 1.29 is 13.2 Å². The van der Waals surface area contributed by atoms with Crippen LogP contribution >= 0.6 is 0 Å². The van der Waals surface area contributed by atoms with Gasteiger partial charge in [-0.25, -0.2) is 8.78 Å². The van der Waals surface area contributed by atoms with E-state index in [0.29, 0.717) is 19.0 Å². The van der Waals surface area contributed by atoms with Crippen molar-refractivity contribution in [2.75, 3.05) is 13.6 Å². The van der Waals surface area contributed by atoms with Crippen LogP contribution in [0.4, 0.5) is 8.78 Å². The number of hydrogen-bond donors (Lipinski definition) is 1. The van der Waals surface area contributed by atoms with E-state index in [-0.39, 0.29) is 5.56 Å². The Kier molecular flexibility index (Phi) is 4.11. The Morgan fingerprint density at radius 1 is 1.15 bits per heavy atom. The summed E-state index contributed by atoms with van der Waals surface area (Å²) in [7, 11) is 1.90. The first-order valence-electron chi connectivity index (χ1n) is 8.47. The Balaban J connectivity index is 1.53. The van der Waals surface area contributed by atoms with Crippen molar-refractivity contribution in [3.63, 3.8) is 0 Å². The van der Waals surface area contributed by atoms with E-state index >= 15 is 0 Å². The van der Waals surface area contributed by atoms with Gasteiger partial charge in [0.25, 0.3) is 0 Å². The third kappa shape index (κ3) is 2.81. The third-order valence-electron chi connectivity index (χ3n) is 4.73. The number of fused-ring (bicyclic) bond motifs is 1. The minimum Gasteiger partial charge on any atom is -0.461 e. The number of halogens is 2. The fraction of sp³-hybridized carbons (Fsp3) is 0.250. The van der Waals surface area contributed by atoms with E-state index in [1.54, 1.807) is 0 Å². The first-order chi connectivity index (χ1) is 12.5. The quantitative estimate of drug-likeness (QED) is 0.767. The summed E-state index contributed by atoms with van der Waals surface area (Å²) in [5.41, 5.74) is 1.96. The number of para-hydroxylation sites is 1. The molecule has 1 aliphatic rings. The van der Waals surface area contributed by atoms with Crippen LogP contribution in [-0.4, -0.2) is 24.5 Å². The Bertz CT molecular complexity index is 976. The summed E-state index contributed by atoms with van der Waals surface area (Å²) in [6.07, 6.45) is 0. The molecule has 0 radical (unpaired) electrons. The molecule has 0 spiro atoms. The molecule has 6 heteroatoms. The van der Waals surface area contributed by atoms with Gasteiger partial charge in [-0.3, -0.25) is 4.99 Å². The molecule has 2 heterocycles. The maximum absolute atomic E-state index is 14.0. The van der Waals surface area contributed by atoms with Crippen molar-refractivity contribution in [2.45, 2.75) is 19.5 Å². The zero-order valence-electron chi connectivity index (χ0n) is 14.6. The minimum atomic E-state index is -0.557. The largest absolute Gasteiger partial charge is 0.461 e. The van der Waals surface area contributed by atoms with Crippen molar-refractivity contribution in [3.8, 4) is 0 Å². The number of rotatable bonds is 3. The van der Waals surface area contributed by atoms with Crippen LogP contribution in [0.25, 0.3) is 11.0 Å². The number of furan rings is 1. The van der Waals surface area contributed by atoms with Crippen LogP contribution in [0.5, 0.6) is 0 Å². The van der Waals surface area contributed by atoms with Gasteiger partial charge in [0.2, 0.25) is 0 Å². The summed E-state index contributed by atoms with van der Waals surface area (Å²) >= 11 is 0. The molecule has 134 valence electrons. The average Bonchev–Trinajstić information content (AvgIpc) is 3.20. The molecule has 0 aliphatic carbocycles. The molecule has 0 saturated carbocycles. The second-order valence-corrected chi connectivity index (χ2v) is 6.49. The molecular formula is C20H19F2N3O. The lowest BCUT2D eigenvalue weighted by atomic mass is 10.1. The molecule has 2 aromatic carbocycles. The summed E-state index contributed by atoms with van der Waals surface area (Å²) in [6, 6.07) is 11.3. The smallest absolute Gasteiger partial charge is 0.194 e. The van der Waals surface area contributed by atoms with Crippen LogP contribution in [-0.2, 0) is 6.54 Å². The molecule has 0 bridgehead atoms. The van der Waals surface area contributed by atoms with Crippen LogP contribution in [0.1, 0.15) is 22.9 Å². The number of guanidine groups is 1. The molecule has 4 nitrogen and oxygen atoms in total. The summed E-state index contributed by atoms with van der Waals surface area (Å²) < 4.78 is 33.8. The van der Waals surface area contributed by atoms with Crippen LogP contribution in [0.3, 0.4) is 0 Å². The standard InChI is InChI=1S/C20H19F2N3O/c1-12-14(13-6-3-4-9-18(13)26-12)11-25(2)20-23-10-17(24-20)19-15(21)7-5-8-16(19)22/h3-9,17H,10-11H2,1-2H3,(H,23,24). The highest BCUT2D eigenvalue weighted by Gasteiger charge is 2.27. The fourth-order valence-corrected chi connectivity index (χ4v) is 3.39. The van der Waals surface area contributed by atoms with Gasteiger partial charge in [-0.1, -0.05) is 24.3 Å². The average molecular weight is 355 g/mol. The number of aryl methyl sites for hydroxylation is 1. The lowest BCUT2D eigenvalue weighted by Gasteiger charge is -2.21. The normalized spacial score (nSPS) is 16.6. The van der Waals surface area contributed by atoms with Gasteiger partial charge in [-0.15, -0.1) is 0 Å². The molecule has 0 amide bonds. The van der Waals surface area contributed by atoms with E-state index in [0.717, 1.165) is 22.3 Å². The molecule has 1 aromatic heterocycles. The van der Waals surface area contributed by atoms with E-state index < -0.39 is 17.7 Å². The first-order valence-corrected chi connectivity index (χ1v) is 8.47. The van der Waals surface area contributed by atoms with E-state index in [1.165, 1.54) is 18.2 Å². The first kappa shape index (κ1) is 16.6. The zero-order chi connectivity index (χ0) is 18.3. The molecule has 1 N–H and O–H groups in total. The lowest BCUT2D eigenvalue weighted by Crippen LogP contribution is -2.37. The van der Waals surface area contributed by atoms with Gasteiger partial charge in [-0.2, -0.15) is 0 Å². The van der Waals surface area contributed by atoms with Gasteiger partial charge >= 0.3 is 0 Å². The van der Waals surface area contributed by atoms with Crippen LogP contribution in [0.15, 0.2) is 51.9 Å². The van der Waals surface area contributed by atoms with Gasteiger partial charge in [0.05, 0.1) is 12.6 Å². The molecule has 3 aromatic rings. The summed E-state index contributed by atoms with van der Waals surface area (Å²) in [4.78, 5) is 6.37. The second-order valence-electron chi connectivity index (χ2n) is 6.49. The van der Waals surface area contributed by atoms with Gasteiger partial charge in [0.15, 0.2) is 5.96 Å². The lowest BCUT2D eigenvalue weighted by molar-refractivity contribution is 0.465. The highest BCUT2D eigenvalue weighted by atomic mass is 19.1. The van der Waals surface area contributed by atoms with Crippen LogP contribution < -0.4 is 5.32 Å². The Morgan fingerprint density at radius 3 is 2.65 bits per heavy atom. The van der Waals surface area contributed by atoms with Crippen LogP contribution in [0, 0.1) is 18.6 Å². The van der Waals surface area contributed by atoms with Crippen LogP contribution in [0.2, 0.25) is 0 Å². The molecular weight excluding hydrogens is 336 g/mol. The molecule has 0 fully saturated rings. The van der Waals surface area contributed by atoms with Crippen molar-refractivity contribution in [2.24, 2.45) is 4.99 Å². The zero-order valence-corrected chi connectivity index (χ0v) is 14.6. The molecule has 1 aliphatic heterocycles. The molecule has 26 heavy (non-hydrogen) atoms. The number of benzene rings is 2. The highest BCUT2D eigenvalue weighted by Crippen LogP contribution is 2.28.